The third-order valence-electron chi connectivity index (χ3n) is 5.81. The number of anilines is 2. The number of halogens is 4. The number of hydrogen-bond donors (Lipinski definition) is 3. The highest BCUT2D eigenvalue weighted by Gasteiger charge is 2.36. The van der Waals surface area contributed by atoms with Crippen LogP contribution in [0.4, 0.5) is 24.5 Å². The Morgan fingerprint density at radius 1 is 1.08 bits per heavy atom. The van der Waals surface area contributed by atoms with Gasteiger partial charge < -0.3 is 15.2 Å². The van der Waals surface area contributed by atoms with Gasteiger partial charge in [-0.3, -0.25) is 9.59 Å². The maximum atomic E-state index is 13.5. The van der Waals surface area contributed by atoms with E-state index in [1.807, 2.05) is 19.0 Å². The number of hydrazine groups is 1. The Kier molecular flexibility index (Phi) is 7.45. The predicted octanol–water partition coefficient (Wildman–Crippen LogP) is 5.38. The third-order valence-corrected chi connectivity index (χ3v) is 6.22. The minimum Gasteiger partial charge on any atom is -0.341 e. The number of nitrogens with zero attached hydrogens (tertiary/aromatic N) is 3. The van der Waals surface area contributed by atoms with E-state index >= 15 is 0 Å². The number of aromatic amines is 1. The highest BCUT2D eigenvalue weighted by molar-refractivity contribution is 6.31. The van der Waals surface area contributed by atoms with Crippen molar-refractivity contribution in [3.05, 3.63) is 87.7 Å². The quantitative estimate of drug-likeness (QED) is 0.172. The average Bonchev–Trinajstić information content (AvgIpc) is 3.26. The SMILES string of the molecule is Cc1c(Cl)cccc1NC(=O)c1cc(N(N)C(=O)c2ccccc2C(F)(F)F)cc2[nH]c(CN(C)C)nc12. The van der Waals surface area contributed by atoms with Crippen LogP contribution in [0, 0.1) is 6.92 Å². The number of nitrogens with one attached hydrogen (secondary N) is 2. The van der Waals surface area contributed by atoms with E-state index in [9.17, 15) is 22.8 Å². The van der Waals surface area contributed by atoms with E-state index in [0.29, 0.717) is 44.7 Å². The van der Waals surface area contributed by atoms with Crippen LogP contribution >= 0.6 is 11.6 Å². The standard InChI is InChI=1S/C26H24ClF3N6O2/c1-14-19(27)9-6-10-20(14)33-24(37)17-11-15(12-21-23(17)34-22(32-21)13-35(2)3)36(31)25(38)16-7-4-5-8-18(16)26(28,29)30/h4-12H,13,31H2,1-3H3,(H,32,34)(H,33,37). The van der Waals surface area contributed by atoms with Gasteiger partial charge in [0.25, 0.3) is 11.8 Å². The molecule has 4 N–H and O–H groups in total. The van der Waals surface area contributed by atoms with Crippen LogP contribution in [0.1, 0.15) is 37.7 Å². The molecule has 0 unspecified atom stereocenters. The topological polar surface area (TPSA) is 107 Å². The minimum atomic E-state index is -4.76. The van der Waals surface area contributed by atoms with Gasteiger partial charge in [-0.05, 0) is 63.0 Å². The van der Waals surface area contributed by atoms with Crippen molar-refractivity contribution in [3.8, 4) is 0 Å². The number of fused-ring (bicyclic) bond motifs is 1. The lowest BCUT2D eigenvalue weighted by molar-refractivity contribution is -0.137. The lowest BCUT2D eigenvalue weighted by Gasteiger charge is -2.20. The van der Waals surface area contributed by atoms with Crippen molar-refractivity contribution >= 4 is 45.8 Å². The predicted molar refractivity (Wildman–Crippen MR) is 140 cm³/mol. The number of carbonyl (C=O) groups excluding carboxylic acids is 2. The Bertz CT molecular complexity index is 1530. The first-order valence-electron chi connectivity index (χ1n) is 11.4. The number of H-pyrrole nitrogens is 1. The second-order valence-electron chi connectivity index (χ2n) is 8.90. The van der Waals surface area contributed by atoms with E-state index in [1.165, 1.54) is 24.3 Å². The molecule has 4 aromatic rings. The maximum Gasteiger partial charge on any atom is 0.417 e. The summed E-state index contributed by atoms with van der Waals surface area (Å²) in [7, 11) is 3.68. The fourth-order valence-corrected chi connectivity index (χ4v) is 4.11. The zero-order valence-corrected chi connectivity index (χ0v) is 21.4. The lowest BCUT2D eigenvalue weighted by atomic mass is 10.1. The van der Waals surface area contributed by atoms with Crippen molar-refractivity contribution in [2.24, 2.45) is 5.84 Å². The Morgan fingerprint density at radius 2 is 1.79 bits per heavy atom. The van der Waals surface area contributed by atoms with E-state index < -0.39 is 29.1 Å². The summed E-state index contributed by atoms with van der Waals surface area (Å²) < 4.78 is 40.6. The van der Waals surface area contributed by atoms with Crippen molar-refractivity contribution in [3.63, 3.8) is 0 Å². The van der Waals surface area contributed by atoms with Crippen LogP contribution in [0.15, 0.2) is 54.6 Å². The second kappa shape index (κ2) is 10.4. The molecule has 0 aliphatic carbocycles. The highest BCUT2D eigenvalue weighted by Crippen LogP contribution is 2.33. The number of alkyl halides is 3. The molecule has 0 saturated carbocycles. The zero-order chi connectivity index (χ0) is 27.8. The molecule has 0 saturated heterocycles. The molecule has 2 amide bonds. The van der Waals surface area contributed by atoms with Crippen LogP contribution in [-0.4, -0.2) is 40.8 Å². The molecule has 198 valence electrons. The van der Waals surface area contributed by atoms with Gasteiger partial charge in [-0.2, -0.15) is 13.2 Å². The summed E-state index contributed by atoms with van der Waals surface area (Å²) in [4.78, 5) is 36.0. The average molecular weight is 545 g/mol. The van der Waals surface area contributed by atoms with Crippen molar-refractivity contribution in [1.82, 2.24) is 14.9 Å². The molecule has 1 aromatic heterocycles. The number of nitrogens with two attached hydrogens (primary N) is 1. The summed E-state index contributed by atoms with van der Waals surface area (Å²) in [5, 5.41) is 3.82. The smallest absolute Gasteiger partial charge is 0.341 e. The van der Waals surface area contributed by atoms with Crippen molar-refractivity contribution in [2.45, 2.75) is 19.6 Å². The van der Waals surface area contributed by atoms with Crippen LogP contribution in [-0.2, 0) is 12.7 Å². The number of aromatic nitrogens is 2. The molecule has 0 spiro atoms. The molecule has 0 radical (unpaired) electrons. The van der Waals surface area contributed by atoms with E-state index in [0.717, 1.165) is 12.1 Å². The van der Waals surface area contributed by atoms with Crippen LogP contribution in [0.5, 0.6) is 0 Å². The van der Waals surface area contributed by atoms with Gasteiger partial charge in [0, 0.05) is 10.7 Å². The van der Waals surface area contributed by atoms with E-state index in [2.05, 4.69) is 15.3 Å². The molecule has 8 nitrogen and oxygen atoms in total. The zero-order valence-electron chi connectivity index (χ0n) is 20.7. The summed E-state index contributed by atoms with van der Waals surface area (Å²) in [5.41, 5.74) is 0.0956. The van der Waals surface area contributed by atoms with E-state index in [-0.39, 0.29) is 11.3 Å². The van der Waals surface area contributed by atoms with Gasteiger partial charge in [0.05, 0.1) is 34.4 Å². The molecule has 0 aliphatic rings. The maximum absolute atomic E-state index is 13.5. The Hall–Kier alpha value is -3.93. The second-order valence-corrected chi connectivity index (χ2v) is 9.30. The molecule has 12 heteroatoms. The van der Waals surface area contributed by atoms with Gasteiger partial charge in [0.1, 0.15) is 11.3 Å². The van der Waals surface area contributed by atoms with Gasteiger partial charge >= 0.3 is 6.18 Å². The van der Waals surface area contributed by atoms with Crippen LogP contribution in [0.3, 0.4) is 0 Å². The summed E-state index contributed by atoms with van der Waals surface area (Å²) in [5.74, 6) is 4.92. The van der Waals surface area contributed by atoms with Crippen molar-refractivity contribution < 1.29 is 22.8 Å². The van der Waals surface area contributed by atoms with Gasteiger partial charge in [0.2, 0.25) is 0 Å². The summed E-state index contributed by atoms with van der Waals surface area (Å²) >= 11 is 6.18. The Labute approximate surface area is 221 Å². The number of benzene rings is 3. The molecule has 3 aromatic carbocycles. The van der Waals surface area contributed by atoms with Crippen molar-refractivity contribution in [2.75, 3.05) is 24.4 Å². The highest BCUT2D eigenvalue weighted by atomic mass is 35.5. The first-order valence-corrected chi connectivity index (χ1v) is 11.7. The lowest BCUT2D eigenvalue weighted by Crippen LogP contribution is -2.38. The van der Waals surface area contributed by atoms with Gasteiger partial charge in [0.15, 0.2) is 0 Å². The monoisotopic (exact) mass is 544 g/mol. The normalized spacial score (nSPS) is 11.7. The van der Waals surface area contributed by atoms with Gasteiger partial charge in [-0.1, -0.05) is 29.8 Å². The molecule has 0 bridgehead atoms. The molecular formula is C26H24ClF3N6O2. The molecule has 4 rings (SSSR count). The first-order chi connectivity index (χ1) is 17.9. The van der Waals surface area contributed by atoms with E-state index in [4.69, 9.17) is 17.4 Å². The minimum absolute atomic E-state index is 0.00695. The van der Waals surface area contributed by atoms with Crippen LogP contribution in [0.2, 0.25) is 5.02 Å². The molecule has 38 heavy (non-hydrogen) atoms. The Balaban J connectivity index is 1.80. The third kappa shape index (κ3) is 5.49. The fourth-order valence-electron chi connectivity index (χ4n) is 3.94. The molecule has 1 heterocycles. The van der Waals surface area contributed by atoms with E-state index in [1.54, 1.807) is 25.1 Å². The largest absolute Gasteiger partial charge is 0.417 e. The van der Waals surface area contributed by atoms with Gasteiger partial charge in [-0.15, -0.1) is 0 Å². The molecule has 0 fully saturated rings. The summed E-state index contributed by atoms with van der Waals surface area (Å²) in [6.45, 7) is 2.16. The summed E-state index contributed by atoms with van der Waals surface area (Å²) in [6, 6.07) is 12.2. The number of hydrogen-bond acceptors (Lipinski definition) is 5. The van der Waals surface area contributed by atoms with Gasteiger partial charge in [-0.25, -0.2) is 15.8 Å². The first kappa shape index (κ1) is 27.1. The van der Waals surface area contributed by atoms with Crippen LogP contribution in [0.25, 0.3) is 11.0 Å². The number of amides is 2. The van der Waals surface area contributed by atoms with Crippen LogP contribution < -0.4 is 16.2 Å². The number of carbonyl (C=O) groups is 2. The molecule has 0 atom stereocenters. The fraction of sp³-hybridized carbons (Fsp3) is 0.192. The number of imidazole rings is 1. The summed E-state index contributed by atoms with van der Waals surface area (Å²) in [6.07, 6.45) is -4.76. The van der Waals surface area contributed by atoms with Crippen molar-refractivity contribution in [1.29, 1.82) is 0 Å². The number of rotatable bonds is 6. The molecular weight excluding hydrogens is 521 g/mol. The Morgan fingerprint density at radius 3 is 2.47 bits per heavy atom. The molecule has 0 aliphatic heterocycles.